The molecule has 2 aromatic heterocycles. The van der Waals surface area contributed by atoms with Crippen molar-refractivity contribution in [2.24, 2.45) is 7.05 Å². The van der Waals surface area contributed by atoms with E-state index in [-0.39, 0.29) is 18.6 Å². The number of carbonyl (C=O) groups is 2. The molecule has 4 aromatic rings. The van der Waals surface area contributed by atoms with Crippen LogP contribution in [0.5, 0.6) is 0 Å². The first-order valence-electron chi connectivity index (χ1n) is 10.7. The number of nitrogens with two attached hydrogens (primary N) is 1. The lowest BCUT2D eigenvalue weighted by atomic mass is 9.96. The Bertz CT molecular complexity index is 1370. The van der Waals surface area contributed by atoms with Gasteiger partial charge in [0.1, 0.15) is 5.82 Å². The lowest BCUT2D eigenvalue weighted by molar-refractivity contribution is -0.120. The molecule has 0 bridgehead atoms. The average molecular weight is 463 g/mol. The Labute approximate surface area is 194 Å². The average Bonchev–Trinajstić information content (AvgIpc) is 3.26. The zero-order valence-electron chi connectivity index (χ0n) is 18.5. The zero-order valence-corrected chi connectivity index (χ0v) is 18.5. The van der Waals surface area contributed by atoms with E-state index in [1.807, 2.05) is 24.3 Å². The summed E-state index contributed by atoms with van der Waals surface area (Å²) >= 11 is 0. The largest absolute Gasteiger partial charge is 0.383 e. The number of benzene rings is 2. The van der Waals surface area contributed by atoms with Crippen LogP contribution in [-0.4, -0.2) is 32.5 Å². The molecule has 1 atom stereocenters. The number of ketones is 1. The van der Waals surface area contributed by atoms with Crippen LogP contribution in [0.3, 0.4) is 0 Å². The number of nitrogens with zero attached hydrogens (tertiary/aromatic N) is 3. The maximum Gasteiger partial charge on any atom is 0.255 e. The first-order valence-corrected chi connectivity index (χ1v) is 10.7. The Morgan fingerprint density at radius 1 is 1.09 bits per heavy atom. The fourth-order valence-corrected chi connectivity index (χ4v) is 3.78. The molecule has 1 amide bonds. The van der Waals surface area contributed by atoms with E-state index in [0.29, 0.717) is 23.4 Å². The molecular formula is C25H23F2N5O2. The lowest BCUT2D eigenvalue weighted by Crippen LogP contribution is -2.42. The third-order valence-electron chi connectivity index (χ3n) is 5.60. The minimum Gasteiger partial charge on any atom is -0.383 e. The van der Waals surface area contributed by atoms with Gasteiger partial charge in [-0.3, -0.25) is 14.3 Å². The minimum atomic E-state index is -1.01. The zero-order chi connectivity index (χ0) is 24.2. The van der Waals surface area contributed by atoms with Crippen molar-refractivity contribution < 1.29 is 18.4 Å². The Balaban J connectivity index is 1.51. The van der Waals surface area contributed by atoms with Crippen LogP contribution in [0.2, 0.25) is 0 Å². The first kappa shape index (κ1) is 23.0. The summed E-state index contributed by atoms with van der Waals surface area (Å²) in [7, 11) is 1.67. The highest BCUT2D eigenvalue weighted by molar-refractivity contribution is 5.97. The van der Waals surface area contributed by atoms with E-state index in [0.717, 1.165) is 28.5 Å². The Kier molecular flexibility index (Phi) is 6.62. The number of hydrogen-bond donors (Lipinski definition) is 2. The van der Waals surface area contributed by atoms with E-state index in [4.69, 9.17) is 5.73 Å². The Morgan fingerprint density at radius 2 is 1.88 bits per heavy atom. The minimum absolute atomic E-state index is 0.0297. The number of nitrogens with one attached hydrogen (secondary N) is 1. The summed E-state index contributed by atoms with van der Waals surface area (Å²) in [5, 5.41) is 8.44. The highest BCUT2D eigenvalue weighted by atomic mass is 19.2. The standard InChI is InChI=1S/C25H23F2N5O2/c1-32-14-18(13-30-32)25(34)31-22(12-16-3-6-20(26)21(27)11-16)23(33)7-4-15-2-5-19-17(10-15)8-9-29-24(19)28/h2-3,5-6,8-11,13-14,22H,4,7,12H2,1H3,(H2,28,29)(H,31,34)/t22-/m0/s1. The maximum atomic E-state index is 13.7. The summed E-state index contributed by atoms with van der Waals surface area (Å²) in [6.45, 7) is 0. The molecule has 0 radical (unpaired) electrons. The molecule has 0 saturated carbocycles. The quantitative estimate of drug-likeness (QED) is 0.417. The van der Waals surface area contributed by atoms with Gasteiger partial charge in [0.05, 0.1) is 17.8 Å². The van der Waals surface area contributed by atoms with Crippen molar-refractivity contribution >= 4 is 28.3 Å². The third kappa shape index (κ3) is 5.25. The van der Waals surface area contributed by atoms with Crippen LogP contribution in [0.25, 0.3) is 10.8 Å². The van der Waals surface area contributed by atoms with Gasteiger partial charge in [0.25, 0.3) is 5.91 Å². The van der Waals surface area contributed by atoms with E-state index < -0.39 is 23.6 Å². The normalized spacial score (nSPS) is 12.0. The predicted octanol–water partition coefficient (Wildman–Crippen LogP) is 3.37. The van der Waals surface area contributed by atoms with Crippen LogP contribution in [0.15, 0.2) is 61.1 Å². The second kappa shape index (κ2) is 9.78. The number of aromatic nitrogens is 3. The van der Waals surface area contributed by atoms with Crippen molar-refractivity contribution in [3.05, 3.63) is 89.4 Å². The molecule has 34 heavy (non-hydrogen) atoms. The number of nitrogen functional groups attached to an aromatic ring is 1. The van der Waals surface area contributed by atoms with E-state index >= 15 is 0 Å². The van der Waals surface area contributed by atoms with Crippen molar-refractivity contribution in [3.8, 4) is 0 Å². The van der Waals surface area contributed by atoms with Gasteiger partial charge < -0.3 is 11.1 Å². The van der Waals surface area contributed by atoms with Gasteiger partial charge in [-0.25, -0.2) is 13.8 Å². The van der Waals surface area contributed by atoms with Crippen LogP contribution in [0.4, 0.5) is 14.6 Å². The molecule has 0 aliphatic carbocycles. The fourth-order valence-electron chi connectivity index (χ4n) is 3.78. The predicted molar refractivity (Wildman–Crippen MR) is 124 cm³/mol. The molecule has 0 aliphatic rings. The van der Waals surface area contributed by atoms with Gasteiger partial charge in [0.15, 0.2) is 17.4 Å². The monoisotopic (exact) mass is 463 g/mol. The number of carbonyl (C=O) groups excluding carboxylic acids is 2. The second-order valence-electron chi connectivity index (χ2n) is 8.10. The van der Waals surface area contributed by atoms with Crippen molar-refractivity contribution in [1.82, 2.24) is 20.1 Å². The number of fused-ring (bicyclic) bond motifs is 1. The maximum absolute atomic E-state index is 13.7. The van der Waals surface area contributed by atoms with Crippen molar-refractivity contribution in [2.75, 3.05) is 5.73 Å². The van der Waals surface area contributed by atoms with Gasteiger partial charge in [-0.1, -0.05) is 24.3 Å². The van der Waals surface area contributed by atoms with E-state index in [1.165, 1.54) is 23.1 Å². The molecule has 0 spiro atoms. The number of amides is 1. The number of halogens is 2. The number of Topliss-reactive ketones (excluding diaryl/α,β-unsaturated/α-hetero) is 1. The first-order chi connectivity index (χ1) is 16.3. The lowest BCUT2D eigenvalue weighted by Gasteiger charge is -2.18. The van der Waals surface area contributed by atoms with Crippen LogP contribution < -0.4 is 11.1 Å². The molecule has 0 unspecified atom stereocenters. The van der Waals surface area contributed by atoms with Gasteiger partial charge >= 0.3 is 0 Å². The van der Waals surface area contributed by atoms with Gasteiger partial charge in [-0.15, -0.1) is 0 Å². The van der Waals surface area contributed by atoms with E-state index in [2.05, 4.69) is 15.4 Å². The molecule has 2 heterocycles. The number of pyridine rings is 1. The van der Waals surface area contributed by atoms with Crippen LogP contribution in [-0.2, 0) is 24.7 Å². The summed E-state index contributed by atoms with van der Waals surface area (Å²) in [4.78, 5) is 29.9. The van der Waals surface area contributed by atoms with E-state index in [9.17, 15) is 18.4 Å². The Hall–Kier alpha value is -4.14. The van der Waals surface area contributed by atoms with Crippen LogP contribution in [0, 0.1) is 11.6 Å². The smallest absolute Gasteiger partial charge is 0.255 e. The number of anilines is 1. The van der Waals surface area contributed by atoms with Gasteiger partial charge in [0.2, 0.25) is 0 Å². The molecule has 0 aliphatic heterocycles. The summed E-state index contributed by atoms with van der Waals surface area (Å²) < 4.78 is 28.5. The molecule has 0 saturated heterocycles. The summed E-state index contributed by atoms with van der Waals surface area (Å²) in [5.74, 6) is -2.24. The summed E-state index contributed by atoms with van der Waals surface area (Å²) in [6.07, 6.45) is 5.16. The second-order valence-corrected chi connectivity index (χ2v) is 8.10. The fraction of sp³-hybridized carbons (Fsp3) is 0.200. The molecule has 7 nitrogen and oxygen atoms in total. The van der Waals surface area contributed by atoms with E-state index in [1.54, 1.807) is 13.2 Å². The topological polar surface area (TPSA) is 103 Å². The van der Waals surface area contributed by atoms with Crippen molar-refractivity contribution in [2.45, 2.75) is 25.3 Å². The molecular weight excluding hydrogens is 440 g/mol. The highest BCUT2D eigenvalue weighted by Crippen LogP contribution is 2.21. The van der Waals surface area contributed by atoms with Gasteiger partial charge in [-0.2, -0.15) is 5.10 Å². The van der Waals surface area contributed by atoms with Crippen molar-refractivity contribution in [1.29, 1.82) is 0 Å². The van der Waals surface area contributed by atoms with Gasteiger partial charge in [0, 0.05) is 31.2 Å². The number of hydrogen-bond acceptors (Lipinski definition) is 5. The Morgan fingerprint density at radius 3 is 2.62 bits per heavy atom. The molecule has 174 valence electrons. The summed E-state index contributed by atoms with van der Waals surface area (Å²) in [5.41, 5.74) is 7.52. The molecule has 9 heteroatoms. The third-order valence-corrected chi connectivity index (χ3v) is 5.60. The number of rotatable bonds is 8. The van der Waals surface area contributed by atoms with Crippen molar-refractivity contribution in [3.63, 3.8) is 0 Å². The summed E-state index contributed by atoms with van der Waals surface area (Å²) in [6, 6.07) is 10.1. The van der Waals surface area contributed by atoms with Crippen LogP contribution >= 0.6 is 0 Å². The van der Waals surface area contributed by atoms with Gasteiger partial charge in [-0.05, 0) is 47.6 Å². The molecule has 4 rings (SSSR count). The molecule has 2 aromatic carbocycles. The van der Waals surface area contributed by atoms with Crippen LogP contribution in [0.1, 0.15) is 27.9 Å². The molecule has 3 N–H and O–H groups in total. The molecule has 0 fully saturated rings. The highest BCUT2D eigenvalue weighted by Gasteiger charge is 2.23. The SMILES string of the molecule is Cn1cc(C(=O)N[C@@H](Cc2ccc(F)c(F)c2)C(=O)CCc2ccc3c(N)nccc3c2)cn1. The number of aryl methyl sites for hydroxylation is 2.